The lowest BCUT2D eigenvalue weighted by Crippen LogP contribution is -2.87. The first-order valence-corrected chi connectivity index (χ1v) is 9.46. The Morgan fingerprint density at radius 1 is 0.929 bits per heavy atom. The van der Waals surface area contributed by atoms with Crippen LogP contribution in [-0.4, -0.2) is 19.6 Å². The standard InChI is InChI=1S/C24H26N2O2/c1-17-9-12-20(13-10-17)24(19-7-5-4-6-8-19)25-16-23(27)26-21-15-18(2)11-14-22(21)28-3/h4-15,24-25H,16H2,1-3H3,(H,26,27)/p+1/t24-/m0/s1. The molecule has 3 N–H and O–H groups in total. The number of hydrogen-bond donors (Lipinski definition) is 2. The van der Waals surface area contributed by atoms with Gasteiger partial charge in [0, 0.05) is 11.1 Å². The van der Waals surface area contributed by atoms with Crippen molar-refractivity contribution in [3.63, 3.8) is 0 Å². The van der Waals surface area contributed by atoms with Gasteiger partial charge in [0.05, 0.1) is 12.8 Å². The summed E-state index contributed by atoms with van der Waals surface area (Å²) in [7, 11) is 1.61. The minimum Gasteiger partial charge on any atom is -0.495 e. The fourth-order valence-corrected chi connectivity index (χ4v) is 3.24. The molecule has 0 aliphatic heterocycles. The van der Waals surface area contributed by atoms with Crippen LogP contribution >= 0.6 is 0 Å². The summed E-state index contributed by atoms with van der Waals surface area (Å²) in [4.78, 5) is 12.6. The van der Waals surface area contributed by atoms with Crippen molar-refractivity contribution in [1.29, 1.82) is 0 Å². The largest absolute Gasteiger partial charge is 0.495 e. The molecule has 144 valence electrons. The number of benzene rings is 3. The summed E-state index contributed by atoms with van der Waals surface area (Å²) in [6, 6.07) is 24.6. The molecule has 0 unspecified atom stereocenters. The van der Waals surface area contributed by atoms with E-state index in [9.17, 15) is 4.79 Å². The third-order valence-corrected chi connectivity index (χ3v) is 4.76. The summed E-state index contributed by atoms with van der Waals surface area (Å²) in [5.41, 5.74) is 5.35. The third-order valence-electron chi connectivity index (χ3n) is 4.76. The number of carbonyl (C=O) groups is 1. The Morgan fingerprint density at radius 2 is 1.57 bits per heavy atom. The van der Waals surface area contributed by atoms with Crippen LogP contribution in [0.2, 0.25) is 0 Å². The van der Waals surface area contributed by atoms with Crippen molar-refractivity contribution >= 4 is 11.6 Å². The normalized spacial score (nSPS) is 11.7. The molecule has 3 aromatic rings. The van der Waals surface area contributed by atoms with Gasteiger partial charge in [0.25, 0.3) is 5.91 Å². The van der Waals surface area contributed by atoms with Crippen molar-refractivity contribution in [1.82, 2.24) is 0 Å². The van der Waals surface area contributed by atoms with Gasteiger partial charge in [0.2, 0.25) is 0 Å². The molecule has 0 bridgehead atoms. The maximum Gasteiger partial charge on any atom is 0.279 e. The summed E-state index contributed by atoms with van der Waals surface area (Å²) in [5.74, 6) is 0.606. The van der Waals surface area contributed by atoms with Gasteiger partial charge in [-0.05, 0) is 31.5 Å². The minimum atomic E-state index is -0.0584. The zero-order valence-corrected chi connectivity index (χ0v) is 16.6. The molecule has 0 aromatic heterocycles. The third kappa shape index (κ3) is 4.99. The molecule has 1 amide bonds. The molecule has 4 heteroatoms. The van der Waals surface area contributed by atoms with Crippen LogP contribution in [0.4, 0.5) is 5.69 Å². The lowest BCUT2D eigenvalue weighted by molar-refractivity contribution is -0.676. The highest BCUT2D eigenvalue weighted by Crippen LogP contribution is 2.25. The van der Waals surface area contributed by atoms with Crippen LogP contribution in [0.25, 0.3) is 0 Å². The number of quaternary nitrogens is 1. The van der Waals surface area contributed by atoms with E-state index in [-0.39, 0.29) is 11.9 Å². The zero-order valence-electron chi connectivity index (χ0n) is 16.6. The molecule has 3 rings (SSSR count). The second-order valence-electron chi connectivity index (χ2n) is 6.99. The number of methoxy groups -OCH3 is 1. The molecule has 0 radical (unpaired) electrons. The number of carbonyl (C=O) groups excluding carboxylic acids is 1. The monoisotopic (exact) mass is 375 g/mol. The van der Waals surface area contributed by atoms with Gasteiger partial charge < -0.3 is 15.4 Å². The van der Waals surface area contributed by atoms with Gasteiger partial charge >= 0.3 is 0 Å². The van der Waals surface area contributed by atoms with Gasteiger partial charge in [-0.2, -0.15) is 0 Å². The Kier molecular flexibility index (Phi) is 6.45. The Bertz CT molecular complexity index is 921. The molecular weight excluding hydrogens is 348 g/mol. The second-order valence-corrected chi connectivity index (χ2v) is 6.99. The van der Waals surface area contributed by atoms with E-state index in [1.54, 1.807) is 7.11 Å². The summed E-state index contributed by atoms with van der Waals surface area (Å²) in [5, 5.41) is 5.04. The van der Waals surface area contributed by atoms with Gasteiger partial charge in [-0.25, -0.2) is 0 Å². The van der Waals surface area contributed by atoms with E-state index >= 15 is 0 Å². The number of rotatable bonds is 7. The number of nitrogens with two attached hydrogens (primary N) is 1. The Labute approximate surface area is 166 Å². The molecule has 0 fully saturated rings. The van der Waals surface area contributed by atoms with Gasteiger partial charge in [-0.15, -0.1) is 0 Å². The number of nitrogens with one attached hydrogen (secondary N) is 1. The Hall–Kier alpha value is -3.11. The highest BCUT2D eigenvalue weighted by Gasteiger charge is 2.19. The van der Waals surface area contributed by atoms with E-state index in [0.717, 1.165) is 5.56 Å². The first-order chi connectivity index (χ1) is 13.6. The Morgan fingerprint density at radius 3 is 2.25 bits per heavy atom. The van der Waals surface area contributed by atoms with Crippen LogP contribution in [0.1, 0.15) is 28.3 Å². The molecule has 1 atom stereocenters. The predicted molar refractivity (Wildman–Crippen MR) is 113 cm³/mol. The molecule has 0 spiro atoms. The number of anilines is 1. The SMILES string of the molecule is COc1ccc(C)cc1NC(=O)C[NH2+][C@@H](c1ccccc1)c1ccc(C)cc1. The molecule has 0 heterocycles. The molecule has 0 aliphatic rings. The maximum absolute atomic E-state index is 12.6. The maximum atomic E-state index is 12.6. The first-order valence-electron chi connectivity index (χ1n) is 9.46. The lowest BCUT2D eigenvalue weighted by atomic mass is 9.98. The average molecular weight is 375 g/mol. The fourth-order valence-electron chi connectivity index (χ4n) is 3.24. The minimum absolute atomic E-state index is 0.0584. The van der Waals surface area contributed by atoms with Crippen LogP contribution in [0.5, 0.6) is 5.75 Å². The van der Waals surface area contributed by atoms with Crippen molar-refractivity contribution in [3.8, 4) is 5.75 Å². The molecule has 0 saturated heterocycles. The second kappa shape index (κ2) is 9.20. The lowest BCUT2D eigenvalue weighted by Gasteiger charge is -2.17. The topological polar surface area (TPSA) is 54.9 Å². The van der Waals surface area contributed by atoms with E-state index in [1.165, 1.54) is 16.7 Å². The fraction of sp³-hybridized carbons (Fsp3) is 0.208. The molecular formula is C24H27N2O2+. The van der Waals surface area contributed by atoms with Gasteiger partial charge in [-0.1, -0.05) is 66.2 Å². The molecule has 0 saturated carbocycles. The molecule has 4 nitrogen and oxygen atoms in total. The van der Waals surface area contributed by atoms with Crippen molar-refractivity contribution < 1.29 is 14.8 Å². The van der Waals surface area contributed by atoms with E-state index in [0.29, 0.717) is 18.0 Å². The Balaban J connectivity index is 1.74. The van der Waals surface area contributed by atoms with Crippen LogP contribution in [-0.2, 0) is 4.79 Å². The molecule has 0 aliphatic carbocycles. The highest BCUT2D eigenvalue weighted by atomic mass is 16.5. The smallest absolute Gasteiger partial charge is 0.279 e. The van der Waals surface area contributed by atoms with E-state index in [1.807, 2.05) is 43.3 Å². The van der Waals surface area contributed by atoms with Crippen molar-refractivity contribution in [2.75, 3.05) is 19.0 Å². The van der Waals surface area contributed by atoms with Crippen molar-refractivity contribution in [3.05, 3.63) is 95.1 Å². The van der Waals surface area contributed by atoms with Gasteiger partial charge in [0.15, 0.2) is 6.54 Å². The number of ether oxygens (including phenoxy) is 1. The van der Waals surface area contributed by atoms with E-state index in [4.69, 9.17) is 4.74 Å². The number of amides is 1. The summed E-state index contributed by atoms with van der Waals surface area (Å²) in [6.07, 6.45) is 0. The van der Waals surface area contributed by atoms with Crippen LogP contribution in [0.3, 0.4) is 0 Å². The van der Waals surface area contributed by atoms with Crippen LogP contribution in [0, 0.1) is 13.8 Å². The summed E-state index contributed by atoms with van der Waals surface area (Å²) >= 11 is 0. The molecule has 3 aromatic carbocycles. The van der Waals surface area contributed by atoms with Crippen LogP contribution < -0.4 is 15.4 Å². The van der Waals surface area contributed by atoms with E-state index in [2.05, 4.69) is 54.0 Å². The number of hydrogen-bond acceptors (Lipinski definition) is 2. The van der Waals surface area contributed by atoms with Crippen molar-refractivity contribution in [2.24, 2.45) is 0 Å². The summed E-state index contributed by atoms with van der Waals surface area (Å²) < 4.78 is 5.35. The van der Waals surface area contributed by atoms with E-state index < -0.39 is 0 Å². The summed E-state index contributed by atoms with van der Waals surface area (Å²) in [6.45, 7) is 4.38. The van der Waals surface area contributed by atoms with Gasteiger partial charge in [0.1, 0.15) is 11.8 Å². The average Bonchev–Trinajstić information content (AvgIpc) is 2.70. The zero-order chi connectivity index (χ0) is 19.9. The number of aryl methyl sites for hydroxylation is 2. The van der Waals surface area contributed by atoms with Gasteiger partial charge in [-0.3, -0.25) is 4.79 Å². The predicted octanol–water partition coefficient (Wildman–Crippen LogP) is 3.60. The van der Waals surface area contributed by atoms with Crippen molar-refractivity contribution in [2.45, 2.75) is 19.9 Å². The first kappa shape index (κ1) is 19.6. The van der Waals surface area contributed by atoms with Crippen LogP contribution in [0.15, 0.2) is 72.8 Å². The highest BCUT2D eigenvalue weighted by molar-refractivity contribution is 5.93. The quantitative estimate of drug-likeness (QED) is 0.663. The molecule has 28 heavy (non-hydrogen) atoms.